The lowest BCUT2D eigenvalue weighted by atomic mass is 9.98. The van der Waals surface area contributed by atoms with Crippen LogP contribution in [0.2, 0.25) is 0 Å². The monoisotopic (exact) mass is 278 g/mol. The van der Waals surface area contributed by atoms with Crippen LogP contribution in [0.25, 0.3) is 0 Å². The van der Waals surface area contributed by atoms with Gasteiger partial charge in [0.15, 0.2) is 11.5 Å². The first-order valence-electron chi connectivity index (χ1n) is 7.44. The molecule has 2 atom stereocenters. The van der Waals surface area contributed by atoms with Crippen LogP contribution in [0.3, 0.4) is 0 Å². The van der Waals surface area contributed by atoms with E-state index in [2.05, 4.69) is 18.7 Å². The standard InChI is InChI=1S/C16H26N2O2/c1-12-5-4-6-13(2)18(12)9-10-20-15-8-7-14(17)11-16(15)19-3/h7-8,11-13H,4-6,9-10,17H2,1-3H3. The number of methoxy groups -OCH3 is 1. The molecule has 1 aromatic carbocycles. The Hall–Kier alpha value is -1.42. The third-order valence-electron chi connectivity index (χ3n) is 4.17. The van der Waals surface area contributed by atoms with Gasteiger partial charge in [-0.1, -0.05) is 6.42 Å². The quantitative estimate of drug-likeness (QED) is 0.841. The van der Waals surface area contributed by atoms with Crippen molar-refractivity contribution in [1.29, 1.82) is 0 Å². The van der Waals surface area contributed by atoms with E-state index < -0.39 is 0 Å². The molecule has 1 aliphatic heterocycles. The maximum absolute atomic E-state index is 5.86. The lowest BCUT2D eigenvalue weighted by Crippen LogP contribution is -2.45. The lowest BCUT2D eigenvalue weighted by Gasteiger charge is -2.38. The van der Waals surface area contributed by atoms with Crippen LogP contribution in [0.4, 0.5) is 5.69 Å². The summed E-state index contributed by atoms with van der Waals surface area (Å²) in [5.41, 5.74) is 6.43. The maximum Gasteiger partial charge on any atom is 0.162 e. The Kier molecular flexibility index (Phi) is 5.12. The van der Waals surface area contributed by atoms with Gasteiger partial charge in [-0.3, -0.25) is 4.90 Å². The van der Waals surface area contributed by atoms with Crippen molar-refractivity contribution in [3.8, 4) is 11.5 Å². The zero-order valence-corrected chi connectivity index (χ0v) is 12.8. The predicted molar refractivity (Wildman–Crippen MR) is 82.4 cm³/mol. The molecule has 1 saturated heterocycles. The molecule has 0 aromatic heterocycles. The highest BCUT2D eigenvalue weighted by Crippen LogP contribution is 2.29. The third kappa shape index (κ3) is 3.57. The molecule has 1 fully saturated rings. The minimum Gasteiger partial charge on any atom is -0.493 e. The number of benzene rings is 1. The van der Waals surface area contributed by atoms with E-state index in [1.165, 1.54) is 19.3 Å². The number of hydrogen-bond acceptors (Lipinski definition) is 4. The maximum atomic E-state index is 5.86. The van der Waals surface area contributed by atoms with Crippen LogP contribution in [-0.2, 0) is 0 Å². The summed E-state index contributed by atoms with van der Waals surface area (Å²) < 4.78 is 11.2. The molecule has 0 bridgehead atoms. The van der Waals surface area contributed by atoms with Crippen molar-refractivity contribution >= 4 is 5.69 Å². The van der Waals surface area contributed by atoms with Gasteiger partial charge in [0.2, 0.25) is 0 Å². The smallest absolute Gasteiger partial charge is 0.162 e. The van der Waals surface area contributed by atoms with Crippen molar-refractivity contribution < 1.29 is 9.47 Å². The van der Waals surface area contributed by atoms with Crippen LogP contribution in [0.15, 0.2) is 18.2 Å². The van der Waals surface area contributed by atoms with E-state index >= 15 is 0 Å². The molecular formula is C16H26N2O2. The fraction of sp³-hybridized carbons (Fsp3) is 0.625. The van der Waals surface area contributed by atoms with Gasteiger partial charge in [-0.25, -0.2) is 0 Å². The van der Waals surface area contributed by atoms with Crippen molar-refractivity contribution in [3.63, 3.8) is 0 Å². The molecule has 1 heterocycles. The van der Waals surface area contributed by atoms with E-state index in [1.807, 2.05) is 12.1 Å². The molecule has 0 saturated carbocycles. The van der Waals surface area contributed by atoms with Crippen LogP contribution in [0.1, 0.15) is 33.1 Å². The molecule has 1 aliphatic rings. The predicted octanol–water partition coefficient (Wildman–Crippen LogP) is 2.92. The first-order valence-corrected chi connectivity index (χ1v) is 7.44. The molecule has 2 N–H and O–H groups in total. The Morgan fingerprint density at radius 2 is 1.90 bits per heavy atom. The molecule has 1 aromatic rings. The summed E-state index contributed by atoms with van der Waals surface area (Å²) >= 11 is 0. The van der Waals surface area contributed by atoms with Gasteiger partial charge >= 0.3 is 0 Å². The Balaban J connectivity index is 1.89. The summed E-state index contributed by atoms with van der Waals surface area (Å²) in [6.07, 6.45) is 3.91. The topological polar surface area (TPSA) is 47.7 Å². The van der Waals surface area contributed by atoms with E-state index in [9.17, 15) is 0 Å². The van der Waals surface area contributed by atoms with Crippen LogP contribution >= 0.6 is 0 Å². The van der Waals surface area contributed by atoms with Crippen molar-refractivity contribution in [1.82, 2.24) is 4.90 Å². The van der Waals surface area contributed by atoms with E-state index in [1.54, 1.807) is 13.2 Å². The Labute approximate surface area is 121 Å². The largest absolute Gasteiger partial charge is 0.493 e. The summed E-state index contributed by atoms with van der Waals surface area (Å²) in [7, 11) is 1.64. The number of nitrogens with zero attached hydrogens (tertiary/aromatic N) is 1. The number of nitrogens with two attached hydrogens (primary N) is 1. The number of anilines is 1. The number of ether oxygens (including phenoxy) is 2. The van der Waals surface area contributed by atoms with Gasteiger partial charge in [0.1, 0.15) is 6.61 Å². The van der Waals surface area contributed by atoms with Crippen molar-refractivity contribution in [2.45, 2.75) is 45.2 Å². The van der Waals surface area contributed by atoms with Gasteiger partial charge in [-0.2, -0.15) is 0 Å². The molecule has 2 unspecified atom stereocenters. The van der Waals surface area contributed by atoms with E-state index in [0.717, 1.165) is 12.3 Å². The fourth-order valence-electron chi connectivity index (χ4n) is 2.98. The van der Waals surface area contributed by atoms with Gasteiger partial charge in [0, 0.05) is 30.4 Å². The molecule has 4 heteroatoms. The second kappa shape index (κ2) is 6.84. The SMILES string of the molecule is COc1cc(N)ccc1OCCN1C(C)CCCC1C. The molecule has 20 heavy (non-hydrogen) atoms. The van der Waals surface area contributed by atoms with Crippen LogP contribution in [0, 0.1) is 0 Å². The lowest BCUT2D eigenvalue weighted by molar-refractivity contribution is 0.0846. The van der Waals surface area contributed by atoms with Crippen LogP contribution < -0.4 is 15.2 Å². The highest BCUT2D eigenvalue weighted by molar-refractivity contribution is 5.51. The van der Waals surface area contributed by atoms with Crippen molar-refractivity contribution in [3.05, 3.63) is 18.2 Å². The molecule has 2 rings (SSSR count). The Bertz CT molecular complexity index is 426. The number of piperidine rings is 1. The normalized spacial score (nSPS) is 23.6. The summed E-state index contributed by atoms with van der Waals surface area (Å²) in [5, 5.41) is 0. The van der Waals surface area contributed by atoms with Crippen molar-refractivity contribution in [2.75, 3.05) is 26.0 Å². The van der Waals surface area contributed by atoms with Gasteiger partial charge in [0.25, 0.3) is 0 Å². The molecule has 0 radical (unpaired) electrons. The summed E-state index contributed by atoms with van der Waals surface area (Å²) in [5.74, 6) is 1.46. The van der Waals surface area contributed by atoms with Crippen molar-refractivity contribution in [2.24, 2.45) is 0 Å². The molecular weight excluding hydrogens is 252 g/mol. The minimum absolute atomic E-state index is 0.649. The molecule has 0 aliphatic carbocycles. The van der Waals surface area contributed by atoms with E-state index in [0.29, 0.717) is 30.1 Å². The third-order valence-corrected chi connectivity index (χ3v) is 4.17. The zero-order chi connectivity index (χ0) is 14.5. The Morgan fingerprint density at radius 1 is 1.20 bits per heavy atom. The highest BCUT2D eigenvalue weighted by Gasteiger charge is 2.24. The van der Waals surface area contributed by atoms with E-state index in [-0.39, 0.29) is 0 Å². The zero-order valence-electron chi connectivity index (χ0n) is 12.8. The average Bonchev–Trinajstić information content (AvgIpc) is 2.43. The Morgan fingerprint density at radius 3 is 2.55 bits per heavy atom. The molecule has 4 nitrogen and oxygen atoms in total. The van der Waals surface area contributed by atoms with E-state index in [4.69, 9.17) is 15.2 Å². The molecule has 0 spiro atoms. The second-order valence-corrected chi connectivity index (χ2v) is 5.63. The summed E-state index contributed by atoms with van der Waals surface area (Å²) in [4.78, 5) is 2.53. The minimum atomic E-state index is 0.649. The first kappa shape index (κ1) is 15.0. The summed E-state index contributed by atoms with van der Waals surface area (Å²) in [6.45, 7) is 6.24. The van der Waals surface area contributed by atoms with Crippen LogP contribution in [-0.4, -0.2) is 37.2 Å². The highest BCUT2D eigenvalue weighted by atomic mass is 16.5. The number of nitrogen functional groups attached to an aromatic ring is 1. The fourth-order valence-corrected chi connectivity index (χ4v) is 2.98. The molecule has 112 valence electrons. The first-order chi connectivity index (χ1) is 9.61. The number of rotatable bonds is 5. The summed E-state index contributed by atoms with van der Waals surface area (Å²) in [6, 6.07) is 6.80. The van der Waals surface area contributed by atoms with Crippen LogP contribution in [0.5, 0.6) is 11.5 Å². The average molecular weight is 278 g/mol. The second-order valence-electron chi connectivity index (χ2n) is 5.63. The van der Waals surface area contributed by atoms with Gasteiger partial charge in [-0.15, -0.1) is 0 Å². The van der Waals surface area contributed by atoms with Gasteiger partial charge in [0.05, 0.1) is 7.11 Å². The number of hydrogen-bond donors (Lipinski definition) is 1. The van der Waals surface area contributed by atoms with Gasteiger partial charge in [-0.05, 0) is 38.8 Å². The molecule has 0 amide bonds. The number of likely N-dealkylation sites (tertiary alicyclic amines) is 1. The van der Waals surface area contributed by atoms with Gasteiger partial charge < -0.3 is 15.2 Å².